The number of nitrogens with one attached hydrogen (secondary N) is 3. The molecule has 0 radical (unpaired) electrons. The third kappa shape index (κ3) is 3.91. The van der Waals surface area contributed by atoms with Gasteiger partial charge in [0.05, 0.1) is 11.2 Å². The topological polar surface area (TPSA) is 116 Å². The van der Waals surface area contributed by atoms with Crippen molar-refractivity contribution < 1.29 is 4.39 Å². The molecule has 0 aliphatic carbocycles. The van der Waals surface area contributed by atoms with Crippen molar-refractivity contribution in [2.75, 3.05) is 11.9 Å². The smallest absolute Gasteiger partial charge is 0.148 e. The van der Waals surface area contributed by atoms with Crippen molar-refractivity contribution in [3.8, 4) is 11.3 Å². The Hall–Kier alpha value is -3.81. The molecule has 146 valence electrons. The number of aromatic nitrogens is 4. The lowest BCUT2D eigenvalue weighted by Crippen LogP contribution is -2.11. The van der Waals surface area contributed by atoms with E-state index in [9.17, 15) is 4.39 Å². The minimum Gasteiger partial charge on any atom is -0.382 e. The van der Waals surface area contributed by atoms with E-state index in [1.165, 1.54) is 12.1 Å². The van der Waals surface area contributed by atoms with Crippen molar-refractivity contribution in [2.45, 2.75) is 12.8 Å². The monoisotopic (exact) mass is 389 g/mol. The highest BCUT2D eigenvalue weighted by molar-refractivity contribution is 6.06. The number of rotatable bonds is 6. The molecule has 5 N–H and O–H groups in total. The quantitative estimate of drug-likeness (QED) is 0.297. The fourth-order valence-electron chi connectivity index (χ4n) is 3.13. The predicted molar refractivity (Wildman–Crippen MR) is 111 cm³/mol. The Labute approximate surface area is 166 Å². The van der Waals surface area contributed by atoms with E-state index >= 15 is 0 Å². The molecule has 2 aromatic heterocycles. The summed E-state index contributed by atoms with van der Waals surface area (Å²) in [5, 5.41) is 27.1. The van der Waals surface area contributed by atoms with Crippen molar-refractivity contribution in [1.82, 2.24) is 20.4 Å². The van der Waals surface area contributed by atoms with Gasteiger partial charge in [0, 0.05) is 17.5 Å². The lowest BCUT2D eigenvalue weighted by atomic mass is 10.0. The lowest BCUT2D eigenvalue weighted by Gasteiger charge is -2.13. The van der Waals surface area contributed by atoms with Gasteiger partial charge in [-0.25, -0.2) is 4.39 Å². The Bertz CT molecular complexity index is 1150. The first kappa shape index (κ1) is 18.5. The van der Waals surface area contributed by atoms with E-state index in [0.717, 1.165) is 22.0 Å². The summed E-state index contributed by atoms with van der Waals surface area (Å²) in [6, 6.07) is 15.9. The number of fused-ring (bicyclic) bond motifs is 1. The van der Waals surface area contributed by atoms with Gasteiger partial charge < -0.3 is 11.1 Å². The third-order valence-corrected chi connectivity index (χ3v) is 4.81. The number of nitrogens with two attached hydrogens (primary N) is 1. The maximum absolute atomic E-state index is 13.1. The number of halogens is 1. The number of benzene rings is 2. The minimum absolute atomic E-state index is 0.0886. The van der Waals surface area contributed by atoms with Gasteiger partial charge in [0.15, 0.2) is 0 Å². The van der Waals surface area contributed by atoms with Crippen LogP contribution in [0.3, 0.4) is 0 Å². The number of hydrogen-bond donors (Lipinski definition) is 4. The molecule has 29 heavy (non-hydrogen) atoms. The van der Waals surface area contributed by atoms with Gasteiger partial charge in [-0.15, -0.1) is 10.2 Å². The van der Waals surface area contributed by atoms with Crippen LogP contribution in [-0.4, -0.2) is 32.8 Å². The molecule has 0 bridgehead atoms. The SMILES string of the molecule is CC(CNc1ccc(-c2ccc3[nH]nc(C(=N)N)c3c2)nn1)c1ccc(F)cc1. The van der Waals surface area contributed by atoms with E-state index in [1.807, 2.05) is 30.3 Å². The fraction of sp³-hybridized carbons (Fsp3) is 0.143. The number of hydrogen-bond acceptors (Lipinski definition) is 5. The van der Waals surface area contributed by atoms with Gasteiger partial charge in [0.2, 0.25) is 0 Å². The minimum atomic E-state index is -0.237. The standard InChI is InChI=1S/C21H20FN7/c1-12(13-2-5-15(22)6-3-13)11-25-19-9-8-17(26-28-19)14-4-7-18-16(10-14)20(21(23)24)29-27-18/h2-10,12H,11H2,1H3,(H3,23,24)(H,25,28)(H,27,29). The van der Waals surface area contributed by atoms with E-state index in [1.54, 1.807) is 12.1 Å². The number of anilines is 1. The van der Waals surface area contributed by atoms with Crippen LogP contribution in [0.5, 0.6) is 0 Å². The van der Waals surface area contributed by atoms with Gasteiger partial charge in [-0.05, 0) is 47.9 Å². The van der Waals surface area contributed by atoms with E-state index in [4.69, 9.17) is 11.1 Å². The lowest BCUT2D eigenvalue weighted by molar-refractivity contribution is 0.626. The van der Waals surface area contributed by atoms with Gasteiger partial charge >= 0.3 is 0 Å². The summed E-state index contributed by atoms with van der Waals surface area (Å²) in [5.41, 5.74) is 9.43. The summed E-state index contributed by atoms with van der Waals surface area (Å²) in [4.78, 5) is 0. The molecule has 4 aromatic rings. The van der Waals surface area contributed by atoms with E-state index in [0.29, 0.717) is 23.8 Å². The van der Waals surface area contributed by atoms with Crippen molar-refractivity contribution in [1.29, 1.82) is 5.41 Å². The predicted octanol–water partition coefficient (Wildman–Crippen LogP) is 3.66. The largest absolute Gasteiger partial charge is 0.382 e. The van der Waals surface area contributed by atoms with Crippen LogP contribution in [0.15, 0.2) is 54.6 Å². The van der Waals surface area contributed by atoms with Crippen molar-refractivity contribution in [3.05, 3.63) is 71.7 Å². The molecule has 0 spiro atoms. The maximum atomic E-state index is 13.1. The number of H-pyrrole nitrogens is 1. The summed E-state index contributed by atoms with van der Waals surface area (Å²) < 4.78 is 13.1. The second-order valence-electron chi connectivity index (χ2n) is 6.88. The molecule has 2 heterocycles. The highest BCUT2D eigenvalue weighted by Gasteiger charge is 2.11. The van der Waals surface area contributed by atoms with E-state index < -0.39 is 0 Å². The maximum Gasteiger partial charge on any atom is 0.148 e. The number of amidine groups is 1. The Kier molecular flexibility index (Phi) is 4.90. The number of aromatic amines is 1. The fourth-order valence-corrected chi connectivity index (χ4v) is 3.13. The van der Waals surface area contributed by atoms with Crippen LogP contribution in [0.1, 0.15) is 24.1 Å². The van der Waals surface area contributed by atoms with Gasteiger partial charge in [0.25, 0.3) is 0 Å². The number of nitrogen functional groups attached to an aromatic ring is 1. The van der Waals surface area contributed by atoms with Crippen LogP contribution in [0.4, 0.5) is 10.2 Å². The molecule has 0 saturated heterocycles. The summed E-state index contributed by atoms with van der Waals surface area (Å²) >= 11 is 0. The van der Waals surface area contributed by atoms with Crippen LogP contribution in [0, 0.1) is 11.2 Å². The Balaban J connectivity index is 1.47. The summed E-state index contributed by atoms with van der Waals surface area (Å²) in [5.74, 6) is 0.538. The summed E-state index contributed by atoms with van der Waals surface area (Å²) in [6.45, 7) is 2.72. The van der Waals surface area contributed by atoms with Crippen LogP contribution < -0.4 is 11.1 Å². The molecule has 0 saturated carbocycles. The zero-order valence-corrected chi connectivity index (χ0v) is 15.8. The zero-order valence-electron chi connectivity index (χ0n) is 15.8. The summed E-state index contributed by atoms with van der Waals surface area (Å²) in [6.07, 6.45) is 0. The average molecular weight is 389 g/mol. The molecule has 7 nitrogen and oxygen atoms in total. The van der Waals surface area contributed by atoms with Gasteiger partial charge in [-0.2, -0.15) is 5.10 Å². The highest BCUT2D eigenvalue weighted by Crippen LogP contribution is 2.24. The molecule has 0 aliphatic rings. The summed E-state index contributed by atoms with van der Waals surface area (Å²) in [7, 11) is 0. The Morgan fingerprint density at radius 2 is 1.93 bits per heavy atom. The van der Waals surface area contributed by atoms with Crippen molar-refractivity contribution in [3.63, 3.8) is 0 Å². The Morgan fingerprint density at radius 3 is 2.62 bits per heavy atom. The normalized spacial score (nSPS) is 12.1. The molecule has 1 atom stereocenters. The molecule has 4 rings (SSSR count). The molecule has 0 fully saturated rings. The molecule has 0 amide bonds. The van der Waals surface area contributed by atoms with E-state index in [2.05, 4.69) is 32.6 Å². The van der Waals surface area contributed by atoms with Gasteiger partial charge in [-0.3, -0.25) is 10.5 Å². The van der Waals surface area contributed by atoms with Crippen LogP contribution >= 0.6 is 0 Å². The van der Waals surface area contributed by atoms with Crippen LogP contribution in [0.2, 0.25) is 0 Å². The molecule has 8 heteroatoms. The second-order valence-corrected chi connectivity index (χ2v) is 6.88. The first-order valence-corrected chi connectivity index (χ1v) is 9.17. The average Bonchev–Trinajstić information content (AvgIpc) is 3.16. The zero-order chi connectivity index (χ0) is 20.4. The van der Waals surface area contributed by atoms with Crippen molar-refractivity contribution in [2.24, 2.45) is 5.73 Å². The molecular weight excluding hydrogens is 369 g/mol. The van der Waals surface area contributed by atoms with Crippen molar-refractivity contribution >= 4 is 22.6 Å². The first-order valence-electron chi connectivity index (χ1n) is 9.17. The van der Waals surface area contributed by atoms with Gasteiger partial charge in [-0.1, -0.05) is 25.1 Å². The van der Waals surface area contributed by atoms with E-state index in [-0.39, 0.29) is 17.6 Å². The third-order valence-electron chi connectivity index (χ3n) is 4.81. The van der Waals surface area contributed by atoms with Gasteiger partial charge in [0.1, 0.15) is 23.2 Å². The molecular formula is C21H20FN7. The first-order chi connectivity index (χ1) is 14.0. The molecule has 0 aliphatic heterocycles. The van der Waals surface area contributed by atoms with Crippen LogP contribution in [-0.2, 0) is 0 Å². The molecule has 1 unspecified atom stereocenters. The second kappa shape index (κ2) is 7.67. The highest BCUT2D eigenvalue weighted by atomic mass is 19.1. The number of nitrogens with zero attached hydrogens (tertiary/aromatic N) is 3. The molecule has 2 aromatic carbocycles. The Morgan fingerprint density at radius 1 is 1.14 bits per heavy atom. The van der Waals surface area contributed by atoms with Crippen LogP contribution in [0.25, 0.3) is 22.2 Å².